The van der Waals surface area contributed by atoms with Gasteiger partial charge >= 0.3 is 0 Å². The monoisotopic (exact) mass is 287 g/mol. The summed E-state index contributed by atoms with van der Waals surface area (Å²) in [5.41, 5.74) is 3.56. The molecule has 0 radical (unpaired) electrons. The zero-order chi connectivity index (χ0) is 14.5. The van der Waals surface area contributed by atoms with Gasteiger partial charge in [-0.05, 0) is 19.1 Å². The summed E-state index contributed by atoms with van der Waals surface area (Å²) in [6.45, 7) is 1.85. The minimum atomic E-state index is -0.590. The van der Waals surface area contributed by atoms with E-state index in [9.17, 15) is 10.1 Å². The van der Waals surface area contributed by atoms with Gasteiger partial charge in [-0.2, -0.15) is 10.4 Å². The number of nitro benzene ring substituents is 1. The molecule has 0 spiro atoms. The molecule has 0 aliphatic carbocycles. The summed E-state index contributed by atoms with van der Waals surface area (Å²) in [5.74, 6) is 0. The van der Waals surface area contributed by atoms with Crippen LogP contribution in [0.2, 0.25) is 0 Å². The number of nitriles is 1. The van der Waals surface area contributed by atoms with Crippen LogP contribution in [0.5, 0.6) is 0 Å². The number of benzene rings is 1. The van der Waals surface area contributed by atoms with Crippen molar-refractivity contribution in [3.05, 3.63) is 50.5 Å². The Hall–Kier alpha value is -2.79. The van der Waals surface area contributed by atoms with Crippen LogP contribution in [0.15, 0.2) is 28.7 Å². The standard InChI is InChI=1S/C12H9N5O2S/c1-8-7-20-12(15-8)16-14-6-10-4-2-3-9(5-13)11(10)17(18)19/h2-4,6-7H,1H3,(H,15,16). The summed E-state index contributed by atoms with van der Waals surface area (Å²) in [7, 11) is 0. The van der Waals surface area contributed by atoms with Gasteiger partial charge in [-0.15, -0.1) is 11.3 Å². The van der Waals surface area contributed by atoms with Crippen molar-refractivity contribution in [2.24, 2.45) is 5.10 Å². The Bertz CT molecular complexity index is 717. The van der Waals surface area contributed by atoms with Crippen LogP contribution in [0, 0.1) is 28.4 Å². The molecular weight excluding hydrogens is 278 g/mol. The fourth-order valence-corrected chi connectivity index (χ4v) is 2.16. The minimum Gasteiger partial charge on any atom is -0.258 e. The first-order chi connectivity index (χ1) is 9.61. The number of hydrazone groups is 1. The highest BCUT2D eigenvalue weighted by Gasteiger charge is 2.17. The molecule has 1 aromatic heterocycles. The second-order valence-corrected chi connectivity index (χ2v) is 4.63. The van der Waals surface area contributed by atoms with E-state index >= 15 is 0 Å². The molecule has 0 amide bonds. The van der Waals surface area contributed by atoms with Gasteiger partial charge < -0.3 is 0 Å². The average molecular weight is 287 g/mol. The third kappa shape index (κ3) is 2.96. The lowest BCUT2D eigenvalue weighted by Crippen LogP contribution is -1.99. The number of para-hydroxylation sites is 1. The van der Waals surface area contributed by atoms with Crippen molar-refractivity contribution < 1.29 is 4.92 Å². The zero-order valence-electron chi connectivity index (χ0n) is 10.4. The Morgan fingerprint density at radius 2 is 2.40 bits per heavy atom. The van der Waals surface area contributed by atoms with Crippen molar-refractivity contribution in [3.8, 4) is 6.07 Å². The van der Waals surface area contributed by atoms with E-state index in [1.165, 1.54) is 29.7 Å². The molecule has 0 aliphatic rings. The van der Waals surface area contributed by atoms with E-state index in [0.717, 1.165) is 5.69 Å². The molecule has 2 aromatic rings. The maximum atomic E-state index is 11.0. The summed E-state index contributed by atoms with van der Waals surface area (Å²) >= 11 is 1.38. The number of thiazole rings is 1. The predicted octanol–water partition coefficient (Wildman–Crippen LogP) is 2.68. The smallest absolute Gasteiger partial charge is 0.258 e. The van der Waals surface area contributed by atoms with Gasteiger partial charge in [0.25, 0.3) is 5.69 Å². The van der Waals surface area contributed by atoms with Gasteiger partial charge in [0, 0.05) is 5.38 Å². The number of hydrogen-bond acceptors (Lipinski definition) is 7. The molecule has 100 valence electrons. The predicted molar refractivity (Wildman–Crippen MR) is 75.9 cm³/mol. The van der Waals surface area contributed by atoms with Crippen LogP contribution in [-0.4, -0.2) is 16.1 Å². The fraction of sp³-hybridized carbons (Fsp3) is 0.0833. The van der Waals surface area contributed by atoms with Crippen molar-refractivity contribution >= 4 is 28.4 Å². The first-order valence-corrected chi connectivity index (χ1v) is 6.38. The highest BCUT2D eigenvalue weighted by atomic mass is 32.1. The van der Waals surface area contributed by atoms with Crippen molar-refractivity contribution in [3.63, 3.8) is 0 Å². The lowest BCUT2D eigenvalue weighted by Gasteiger charge is -1.99. The second-order valence-electron chi connectivity index (χ2n) is 3.78. The molecule has 0 saturated carbocycles. The normalized spacial score (nSPS) is 10.4. The number of aromatic nitrogens is 1. The number of nitrogens with one attached hydrogen (secondary N) is 1. The van der Waals surface area contributed by atoms with Crippen molar-refractivity contribution in [1.82, 2.24) is 4.98 Å². The summed E-state index contributed by atoms with van der Waals surface area (Å²) in [5, 5.41) is 26.2. The highest BCUT2D eigenvalue weighted by Crippen LogP contribution is 2.21. The van der Waals surface area contributed by atoms with Crippen molar-refractivity contribution in [2.45, 2.75) is 6.92 Å². The van der Waals surface area contributed by atoms with E-state index in [0.29, 0.717) is 5.13 Å². The van der Waals surface area contributed by atoms with Crippen LogP contribution in [0.3, 0.4) is 0 Å². The van der Waals surface area contributed by atoms with E-state index in [4.69, 9.17) is 5.26 Å². The van der Waals surface area contributed by atoms with Crippen LogP contribution >= 0.6 is 11.3 Å². The summed E-state index contributed by atoms with van der Waals surface area (Å²) in [6.07, 6.45) is 1.30. The Balaban J connectivity index is 2.25. The molecule has 0 unspecified atom stereocenters. The van der Waals surface area contributed by atoms with Gasteiger partial charge in [-0.3, -0.25) is 15.5 Å². The number of nitrogens with zero attached hydrogens (tertiary/aromatic N) is 4. The number of aryl methyl sites for hydroxylation is 1. The SMILES string of the molecule is Cc1csc(NN=Cc2cccc(C#N)c2[N+](=O)[O-])n1. The molecule has 0 aliphatic heterocycles. The molecule has 1 N–H and O–H groups in total. The van der Waals surface area contributed by atoms with Crippen LogP contribution in [0.4, 0.5) is 10.8 Å². The fourth-order valence-electron chi connectivity index (χ4n) is 1.52. The summed E-state index contributed by atoms with van der Waals surface area (Å²) in [4.78, 5) is 14.6. The summed E-state index contributed by atoms with van der Waals surface area (Å²) in [6, 6.07) is 6.29. The minimum absolute atomic E-state index is 0.00374. The molecular formula is C12H9N5O2S. The first kappa shape index (κ1) is 13.6. The second kappa shape index (κ2) is 5.90. The van der Waals surface area contributed by atoms with E-state index < -0.39 is 4.92 Å². The summed E-state index contributed by atoms with van der Waals surface area (Å²) < 4.78 is 0. The number of nitro groups is 1. The maximum absolute atomic E-state index is 11.0. The zero-order valence-corrected chi connectivity index (χ0v) is 11.2. The molecule has 20 heavy (non-hydrogen) atoms. The van der Waals surface area contributed by atoms with Crippen LogP contribution < -0.4 is 5.43 Å². The van der Waals surface area contributed by atoms with Gasteiger partial charge in [0.1, 0.15) is 11.6 Å². The molecule has 1 heterocycles. The quantitative estimate of drug-likeness (QED) is 0.529. The largest absolute Gasteiger partial charge is 0.295 e. The molecule has 0 bridgehead atoms. The van der Waals surface area contributed by atoms with Crippen LogP contribution in [0.25, 0.3) is 0 Å². The van der Waals surface area contributed by atoms with Gasteiger partial charge in [0.15, 0.2) is 0 Å². The van der Waals surface area contributed by atoms with E-state index in [1.807, 2.05) is 12.3 Å². The Labute approximate surface area is 118 Å². The Kier molecular flexibility index (Phi) is 4.02. The van der Waals surface area contributed by atoms with E-state index in [2.05, 4.69) is 15.5 Å². The van der Waals surface area contributed by atoms with Crippen LogP contribution in [-0.2, 0) is 0 Å². The Morgan fingerprint density at radius 3 is 3.00 bits per heavy atom. The first-order valence-electron chi connectivity index (χ1n) is 5.50. The topological polar surface area (TPSA) is 104 Å². The average Bonchev–Trinajstić information content (AvgIpc) is 2.83. The van der Waals surface area contributed by atoms with Crippen LogP contribution in [0.1, 0.15) is 16.8 Å². The Morgan fingerprint density at radius 1 is 1.60 bits per heavy atom. The molecule has 0 atom stereocenters. The lowest BCUT2D eigenvalue weighted by molar-refractivity contribution is -0.385. The number of anilines is 1. The third-order valence-corrected chi connectivity index (χ3v) is 3.22. The van der Waals surface area contributed by atoms with Gasteiger partial charge in [-0.1, -0.05) is 6.07 Å². The lowest BCUT2D eigenvalue weighted by atomic mass is 10.1. The van der Waals surface area contributed by atoms with Crippen molar-refractivity contribution in [2.75, 3.05) is 5.43 Å². The molecule has 7 nitrogen and oxygen atoms in total. The maximum Gasteiger partial charge on any atom is 0.295 e. The van der Waals surface area contributed by atoms with Gasteiger partial charge in [-0.25, -0.2) is 4.98 Å². The van der Waals surface area contributed by atoms with Gasteiger partial charge in [0.2, 0.25) is 5.13 Å². The molecule has 1 aromatic carbocycles. The van der Waals surface area contributed by atoms with E-state index in [-0.39, 0.29) is 16.8 Å². The highest BCUT2D eigenvalue weighted by molar-refractivity contribution is 7.13. The van der Waals surface area contributed by atoms with Crippen molar-refractivity contribution in [1.29, 1.82) is 5.26 Å². The van der Waals surface area contributed by atoms with E-state index in [1.54, 1.807) is 12.1 Å². The third-order valence-electron chi connectivity index (χ3n) is 2.35. The number of rotatable bonds is 4. The molecule has 2 rings (SSSR count). The molecule has 0 fully saturated rings. The van der Waals surface area contributed by atoms with Gasteiger partial charge in [0.05, 0.1) is 22.4 Å². The molecule has 8 heteroatoms. The number of hydrogen-bond donors (Lipinski definition) is 1. The molecule has 0 saturated heterocycles.